The van der Waals surface area contributed by atoms with Crippen LogP contribution in [0.15, 0.2) is 49.1 Å². The van der Waals surface area contributed by atoms with Crippen molar-refractivity contribution in [3.63, 3.8) is 0 Å². The largest absolute Gasteiger partial charge is 0.252 e. The number of hydrogen-bond donors (Lipinski definition) is 0. The topological polar surface area (TPSA) is 43.1 Å². The summed E-state index contributed by atoms with van der Waals surface area (Å²) in [6, 6.07) is 9.82. The molecule has 0 spiro atoms. The third-order valence-corrected chi connectivity index (χ3v) is 2.26. The van der Waals surface area contributed by atoms with Gasteiger partial charge in [-0.2, -0.15) is 10.1 Å². The summed E-state index contributed by atoms with van der Waals surface area (Å²) < 4.78 is 1.61. The molecule has 0 fully saturated rings. The van der Waals surface area contributed by atoms with Gasteiger partial charge < -0.3 is 0 Å². The van der Waals surface area contributed by atoms with Gasteiger partial charge in [-0.3, -0.25) is 0 Å². The Labute approximate surface area is 98.0 Å². The summed E-state index contributed by atoms with van der Waals surface area (Å²) in [4.78, 5) is 8.11. The van der Waals surface area contributed by atoms with Crippen molar-refractivity contribution in [3.05, 3.63) is 60.2 Å². The first-order valence-electron chi connectivity index (χ1n) is 5.14. The maximum atomic E-state index is 4.14. The molecule has 4 heteroatoms. The molecule has 3 rings (SSSR count). The molecule has 0 N–H and O–H groups in total. The number of aromatic nitrogens is 4. The number of fused-ring (bicyclic) bond motifs is 1. The van der Waals surface area contributed by atoms with E-state index in [4.69, 9.17) is 0 Å². The third-order valence-electron chi connectivity index (χ3n) is 2.26. The summed E-state index contributed by atoms with van der Waals surface area (Å²) in [5.41, 5.74) is 1.79. The van der Waals surface area contributed by atoms with Crippen molar-refractivity contribution in [1.29, 1.82) is 0 Å². The molecule has 1 aromatic carbocycles. The van der Waals surface area contributed by atoms with E-state index in [1.807, 2.05) is 36.5 Å². The van der Waals surface area contributed by atoms with Gasteiger partial charge in [0.1, 0.15) is 6.33 Å². The Kier molecular flexibility index (Phi) is 2.28. The molecule has 0 aliphatic rings. The second kappa shape index (κ2) is 4.06. The summed E-state index contributed by atoms with van der Waals surface area (Å²) in [7, 11) is 0. The highest BCUT2D eigenvalue weighted by Crippen LogP contribution is 1.99. The van der Waals surface area contributed by atoms with Gasteiger partial charge in [-0.15, -0.1) is 0 Å². The molecule has 2 aromatic heterocycles. The van der Waals surface area contributed by atoms with E-state index in [9.17, 15) is 0 Å². The SMILES string of the molecule is C(#Cc1cnc2ncnn2c1)c1ccccc1. The first-order valence-corrected chi connectivity index (χ1v) is 5.14. The van der Waals surface area contributed by atoms with Crippen LogP contribution in [0.3, 0.4) is 0 Å². The van der Waals surface area contributed by atoms with Crippen LogP contribution in [0.2, 0.25) is 0 Å². The highest BCUT2D eigenvalue weighted by Gasteiger charge is 1.95. The molecule has 0 saturated heterocycles. The van der Waals surface area contributed by atoms with Gasteiger partial charge in [0.15, 0.2) is 0 Å². The van der Waals surface area contributed by atoms with Gasteiger partial charge in [-0.05, 0) is 12.1 Å². The van der Waals surface area contributed by atoms with Crippen molar-refractivity contribution in [2.45, 2.75) is 0 Å². The Balaban J connectivity index is 1.97. The lowest BCUT2D eigenvalue weighted by Gasteiger charge is -1.91. The number of hydrogen-bond acceptors (Lipinski definition) is 3. The molecule has 0 unspecified atom stereocenters. The molecular formula is C13H8N4. The molecule has 0 atom stereocenters. The zero-order valence-electron chi connectivity index (χ0n) is 8.91. The van der Waals surface area contributed by atoms with Crippen LogP contribution in [-0.4, -0.2) is 19.6 Å². The standard InChI is InChI=1S/C13H8N4/c1-2-4-11(5-3-1)6-7-12-8-14-13-15-10-16-17(13)9-12/h1-5,8-10H. The lowest BCUT2D eigenvalue weighted by Crippen LogP contribution is -1.91. The van der Waals surface area contributed by atoms with Crippen LogP contribution in [0.4, 0.5) is 0 Å². The van der Waals surface area contributed by atoms with E-state index in [-0.39, 0.29) is 0 Å². The molecule has 0 aliphatic heterocycles. The molecule has 0 bridgehead atoms. The maximum absolute atomic E-state index is 4.14. The molecule has 2 heterocycles. The van der Waals surface area contributed by atoms with Gasteiger partial charge >= 0.3 is 0 Å². The number of benzene rings is 1. The molecule has 0 radical (unpaired) electrons. The molecule has 80 valence electrons. The van der Waals surface area contributed by atoms with E-state index in [1.54, 1.807) is 10.7 Å². The monoisotopic (exact) mass is 220 g/mol. The Morgan fingerprint density at radius 3 is 2.65 bits per heavy atom. The van der Waals surface area contributed by atoms with E-state index < -0.39 is 0 Å². The molecule has 0 amide bonds. The molecule has 0 aliphatic carbocycles. The molecule has 4 nitrogen and oxygen atoms in total. The van der Waals surface area contributed by atoms with Gasteiger partial charge in [0.05, 0.1) is 5.56 Å². The Bertz CT molecular complexity index is 704. The average Bonchev–Trinajstić information content (AvgIpc) is 2.85. The van der Waals surface area contributed by atoms with E-state index in [2.05, 4.69) is 26.9 Å². The molecule has 3 aromatic rings. The van der Waals surface area contributed by atoms with E-state index in [1.165, 1.54) is 6.33 Å². The third kappa shape index (κ3) is 1.99. The summed E-state index contributed by atoms with van der Waals surface area (Å²) >= 11 is 0. The fourth-order valence-corrected chi connectivity index (χ4v) is 1.45. The smallest absolute Gasteiger partial charge is 0.218 e. The van der Waals surface area contributed by atoms with Crippen LogP contribution < -0.4 is 0 Å². The predicted octanol–water partition coefficient (Wildman–Crippen LogP) is 1.52. The van der Waals surface area contributed by atoms with Gasteiger partial charge in [0.2, 0.25) is 0 Å². The minimum absolute atomic E-state index is 0.579. The Hall–Kier alpha value is -2.67. The zero-order chi connectivity index (χ0) is 11.5. The maximum Gasteiger partial charge on any atom is 0.252 e. The van der Waals surface area contributed by atoms with E-state index in [0.717, 1.165) is 11.1 Å². The second-order valence-electron chi connectivity index (χ2n) is 3.46. The fraction of sp³-hybridized carbons (Fsp3) is 0. The van der Waals surface area contributed by atoms with Crippen molar-refractivity contribution in [2.24, 2.45) is 0 Å². The minimum Gasteiger partial charge on any atom is -0.218 e. The molecular weight excluding hydrogens is 212 g/mol. The van der Waals surface area contributed by atoms with Crippen LogP contribution >= 0.6 is 0 Å². The normalized spacial score (nSPS) is 9.88. The van der Waals surface area contributed by atoms with Crippen LogP contribution in [-0.2, 0) is 0 Å². The van der Waals surface area contributed by atoms with Crippen LogP contribution in [0.1, 0.15) is 11.1 Å². The van der Waals surface area contributed by atoms with Crippen molar-refractivity contribution in [3.8, 4) is 11.8 Å². The second-order valence-corrected chi connectivity index (χ2v) is 3.46. The fourth-order valence-electron chi connectivity index (χ4n) is 1.45. The van der Waals surface area contributed by atoms with Gasteiger partial charge in [-0.25, -0.2) is 9.50 Å². The summed E-state index contributed by atoms with van der Waals surface area (Å²) in [5.74, 6) is 6.69. The Morgan fingerprint density at radius 2 is 1.76 bits per heavy atom. The van der Waals surface area contributed by atoms with Crippen molar-refractivity contribution in [2.75, 3.05) is 0 Å². The minimum atomic E-state index is 0.579. The lowest BCUT2D eigenvalue weighted by atomic mass is 10.2. The van der Waals surface area contributed by atoms with Crippen molar-refractivity contribution in [1.82, 2.24) is 19.6 Å². The van der Waals surface area contributed by atoms with Gasteiger partial charge in [0, 0.05) is 18.0 Å². The summed E-state index contributed by atoms with van der Waals surface area (Å²) in [6.45, 7) is 0. The van der Waals surface area contributed by atoms with Gasteiger partial charge in [-0.1, -0.05) is 30.0 Å². The average molecular weight is 220 g/mol. The highest BCUT2D eigenvalue weighted by molar-refractivity contribution is 5.42. The molecule has 17 heavy (non-hydrogen) atoms. The number of nitrogens with zero attached hydrogens (tertiary/aromatic N) is 4. The molecule has 0 saturated carbocycles. The van der Waals surface area contributed by atoms with Crippen LogP contribution in [0.5, 0.6) is 0 Å². The summed E-state index contributed by atoms with van der Waals surface area (Å²) in [6.07, 6.45) is 4.97. The zero-order valence-corrected chi connectivity index (χ0v) is 8.91. The first kappa shape index (κ1) is 9.55. The predicted molar refractivity (Wildman–Crippen MR) is 63.2 cm³/mol. The van der Waals surface area contributed by atoms with Crippen LogP contribution in [0.25, 0.3) is 5.78 Å². The Morgan fingerprint density at radius 1 is 0.941 bits per heavy atom. The van der Waals surface area contributed by atoms with E-state index >= 15 is 0 Å². The van der Waals surface area contributed by atoms with Gasteiger partial charge in [0.25, 0.3) is 5.78 Å². The van der Waals surface area contributed by atoms with Crippen LogP contribution in [0, 0.1) is 11.8 Å². The van der Waals surface area contributed by atoms with E-state index in [0.29, 0.717) is 5.78 Å². The number of rotatable bonds is 0. The highest BCUT2D eigenvalue weighted by atomic mass is 15.3. The summed E-state index contributed by atoms with van der Waals surface area (Å²) in [5, 5.41) is 4.01. The van der Waals surface area contributed by atoms with Crippen molar-refractivity contribution < 1.29 is 0 Å². The first-order chi connectivity index (χ1) is 8.42. The lowest BCUT2D eigenvalue weighted by molar-refractivity contribution is 0.935. The quantitative estimate of drug-likeness (QED) is 0.539. The van der Waals surface area contributed by atoms with Crippen molar-refractivity contribution >= 4 is 5.78 Å².